The van der Waals surface area contributed by atoms with Crippen LogP contribution in [0.25, 0.3) is 22.0 Å². The average Bonchev–Trinajstić information content (AvgIpc) is 2.60. The van der Waals surface area contributed by atoms with E-state index in [1.807, 2.05) is 55.5 Å². The van der Waals surface area contributed by atoms with Crippen LogP contribution in [0.3, 0.4) is 0 Å². The molecule has 4 heteroatoms. The number of hydrogen-bond donors (Lipinski definition) is 2. The second kappa shape index (κ2) is 6.54. The van der Waals surface area contributed by atoms with E-state index in [1.54, 1.807) is 0 Å². The summed E-state index contributed by atoms with van der Waals surface area (Å²) in [5.41, 5.74) is 1.92. The predicted octanol–water partition coefficient (Wildman–Crippen LogP) is 3.48. The van der Waals surface area contributed by atoms with Crippen molar-refractivity contribution in [1.82, 2.24) is 10.2 Å². The van der Waals surface area contributed by atoms with Crippen LogP contribution in [-0.2, 0) is 0 Å². The van der Waals surface area contributed by atoms with Crippen molar-refractivity contribution >= 4 is 16.6 Å². The van der Waals surface area contributed by atoms with Gasteiger partial charge in [-0.1, -0.05) is 61.5 Å². The number of aliphatic hydroxyl groups excluding tert-OH is 1. The lowest BCUT2D eigenvalue weighted by Gasteiger charge is -2.16. The van der Waals surface area contributed by atoms with Gasteiger partial charge in [-0.2, -0.15) is 0 Å². The molecule has 22 heavy (non-hydrogen) atoms. The van der Waals surface area contributed by atoms with E-state index in [4.69, 9.17) is 0 Å². The van der Waals surface area contributed by atoms with Gasteiger partial charge in [0, 0.05) is 16.3 Å². The Morgan fingerprint density at radius 2 is 1.64 bits per heavy atom. The minimum atomic E-state index is -0.0136. The summed E-state index contributed by atoms with van der Waals surface area (Å²) < 4.78 is 0. The molecule has 0 saturated carbocycles. The number of nitrogens with one attached hydrogen (secondary N) is 1. The number of aromatic nitrogens is 2. The van der Waals surface area contributed by atoms with Crippen LogP contribution in [0.2, 0.25) is 0 Å². The predicted molar refractivity (Wildman–Crippen MR) is 89.8 cm³/mol. The van der Waals surface area contributed by atoms with Crippen molar-refractivity contribution in [1.29, 1.82) is 0 Å². The van der Waals surface area contributed by atoms with Crippen molar-refractivity contribution in [2.24, 2.45) is 0 Å². The summed E-state index contributed by atoms with van der Waals surface area (Å²) in [6.07, 6.45) is 0.826. The summed E-state index contributed by atoms with van der Waals surface area (Å²) in [6.45, 7) is 2.11. The summed E-state index contributed by atoms with van der Waals surface area (Å²) in [7, 11) is 0. The largest absolute Gasteiger partial charge is 0.394 e. The Morgan fingerprint density at radius 3 is 2.32 bits per heavy atom. The highest BCUT2D eigenvalue weighted by Crippen LogP contribution is 2.29. The average molecular weight is 293 g/mol. The van der Waals surface area contributed by atoms with Gasteiger partial charge in [0.25, 0.3) is 0 Å². The van der Waals surface area contributed by atoms with Gasteiger partial charge in [-0.05, 0) is 6.42 Å². The first-order chi connectivity index (χ1) is 10.8. The highest BCUT2D eigenvalue weighted by atomic mass is 16.3. The van der Waals surface area contributed by atoms with Gasteiger partial charge in [0.1, 0.15) is 5.69 Å². The van der Waals surface area contributed by atoms with Crippen molar-refractivity contribution in [3.8, 4) is 11.3 Å². The summed E-state index contributed by atoms with van der Waals surface area (Å²) in [5, 5.41) is 23.5. The van der Waals surface area contributed by atoms with Crippen molar-refractivity contribution in [3.05, 3.63) is 54.6 Å². The van der Waals surface area contributed by atoms with E-state index in [1.165, 1.54) is 0 Å². The lowest BCUT2D eigenvalue weighted by Crippen LogP contribution is -2.23. The molecule has 1 aromatic heterocycles. The lowest BCUT2D eigenvalue weighted by atomic mass is 10.0. The van der Waals surface area contributed by atoms with E-state index in [0.29, 0.717) is 0 Å². The number of hydrogen-bond acceptors (Lipinski definition) is 4. The van der Waals surface area contributed by atoms with Crippen LogP contribution in [0.1, 0.15) is 13.3 Å². The Morgan fingerprint density at radius 1 is 0.955 bits per heavy atom. The molecule has 2 N–H and O–H groups in total. The molecule has 0 bridgehead atoms. The number of anilines is 1. The molecule has 0 aliphatic heterocycles. The third-order valence-corrected chi connectivity index (χ3v) is 3.79. The first-order valence-corrected chi connectivity index (χ1v) is 7.51. The van der Waals surface area contributed by atoms with Gasteiger partial charge in [0.15, 0.2) is 5.82 Å². The van der Waals surface area contributed by atoms with E-state index in [2.05, 4.69) is 21.6 Å². The first-order valence-electron chi connectivity index (χ1n) is 7.51. The zero-order valence-corrected chi connectivity index (χ0v) is 12.5. The number of nitrogens with zero attached hydrogens (tertiary/aromatic N) is 2. The molecule has 3 rings (SSSR count). The van der Waals surface area contributed by atoms with Crippen molar-refractivity contribution < 1.29 is 5.11 Å². The SMILES string of the molecule is CC[C@@H](CO)Nc1nnc(-c2ccccc2)c2ccccc12. The molecule has 3 aromatic rings. The molecule has 1 heterocycles. The molecule has 0 fully saturated rings. The van der Waals surface area contributed by atoms with E-state index < -0.39 is 0 Å². The lowest BCUT2D eigenvalue weighted by molar-refractivity contribution is 0.271. The fraction of sp³-hybridized carbons (Fsp3) is 0.222. The molecular weight excluding hydrogens is 274 g/mol. The molecule has 0 saturated heterocycles. The van der Waals surface area contributed by atoms with Crippen molar-refractivity contribution in [2.75, 3.05) is 11.9 Å². The molecule has 2 aromatic carbocycles. The summed E-state index contributed by atoms with van der Waals surface area (Å²) in [6, 6.07) is 18.1. The quantitative estimate of drug-likeness (QED) is 0.756. The smallest absolute Gasteiger partial charge is 0.156 e. The summed E-state index contributed by atoms with van der Waals surface area (Å²) >= 11 is 0. The Bertz CT molecular complexity index is 755. The second-order valence-electron chi connectivity index (χ2n) is 5.24. The maximum absolute atomic E-state index is 9.38. The van der Waals surface area contributed by atoms with Gasteiger partial charge in [-0.25, -0.2) is 0 Å². The third-order valence-electron chi connectivity index (χ3n) is 3.79. The van der Waals surface area contributed by atoms with Gasteiger partial charge in [-0.3, -0.25) is 0 Å². The van der Waals surface area contributed by atoms with Crippen LogP contribution in [-0.4, -0.2) is 28.0 Å². The van der Waals surface area contributed by atoms with Gasteiger partial charge in [0.05, 0.1) is 12.6 Å². The fourth-order valence-corrected chi connectivity index (χ4v) is 2.49. The fourth-order valence-electron chi connectivity index (χ4n) is 2.49. The normalized spacial score (nSPS) is 12.3. The van der Waals surface area contributed by atoms with Crippen molar-refractivity contribution in [2.45, 2.75) is 19.4 Å². The zero-order chi connectivity index (χ0) is 15.4. The maximum Gasteiger partial charge on any atom is 0.156 e. The molecule has 0 amide bonds. The number of rotatable bonds is 5. The molecule has 0 radical (unpaired) electrons. The number of fused-ring (bicyclic) bond motifs is 1. The standard InChI is InChI=1S/C18H19N3O/c1-2-14(12-22)19-18-16-11-7-6-10-15(16)17(20-21-18)13-8-4-3-5-9-13/h3-11,14,22H,2,12H2,1H3,(H,19,21)/t14-/m0/s1. The molecule has 4 nitrogen and oxygen atoms in total. The topological polar surface area (TPSA) is 58.0 Å². The van der Waals surface area contributed by atoms with Crippen molar-refractivity contribution in [3.63, 3.8) is 0 Å². The maximum atomic E-state index is 9.38. The highest BCUT2D eigenvalue weighted by molar-refractivity contribution is 6.00. The minimum absolute atomic E-state index is 0.0136. The third kappa shape index (κ3) is 2.78. The Kier molecular flexibility index (Phi) is 4.30. The molecule has 112 valence electrons. The van der Waals surface area contributed by atoms with Crippen LogP contribution in [0, 0.1) is 0 Å². The molecule has 0 unspecified atom stereocenters. The van der Waals surface area contributed by atoms with Crippen LogP contribution >= 0.6 is 0 Å². The van der Waals surface area contributed by atoms with Crippen LogP contribution in [0.4, 0.5) is 5.82 Å². The minimum Gasteiger partial charge on any atom is -0.394 e. The van der Waals surface area contributed by atoms with Crippen LogP contribution in [0.15, 0.2) is 54.6 Å². The summed E-state index contributed by atoms with van der Waals surface area (Å²) in [4.78, 5) is 0. The number of benzene rings is 2. The highest BCUT2D eigenvalue weighted by Gasteiger charge is 2.12. The molecular formula is C18H19N3O. The van der Waals surface area contributed by atoms with Gasteiger partial charge < -0.3 is 10.4 Å². The number of aliphatic hydroxyl groups is 1. The Balaban J connectivity index is 2.11. The summed E-state index contributed by atoms with van der Waals surface area (Å²) in [5.74, 6) is 0.719. The van der Waals surface area contributed by atoms with E-state index in [9.17, 15) is 5.11 Å². The molecule has 0 aliphatic rings. The van der Waals surface area contributed by atoms with Crippen LogP contribution in [0.5, 0.6) is 0 Å². The molecule has 1 atom stereocenters. The monoisotopic (exact) mass is 293 g/mol. The Hall–Kier alpha value is -2.46. The van der Waals surface area contributed by atoms with E-state index in [0.717, 1.165) is 34.3 Å². The Labute approximate surface area is 129 Å². The zero-order valence-electron chi connectivity index (χ0n) is 12.5. The first kappa shape index (κ1) is 14.5. The second-order valence-corrected chi connectivity index (χ2v) is 5.24. The molecule has 0 aliphatic carbocycles. The van der Waals surface area contributed by atoms with E-state index in [-0.39, 0.29) is 12.6 Å². The van der Waals surface area contributed by atoms with Gasteiger partial charge in [-0.15, -0.1) is 10.2 Å². The molecule has 0 spiro atoms. The van der Waals surface area contributed by atoms with E-state index >= 15 is 0 Å². The van der Waals surface area contributed by atoms with Crippen LogP contribution < -0.4 is 5.32 Å². The van der Waals surface area contributed by atoms with Gasteiger partial charge in [0.2, 0.25) is 0 Å². The van der Waals surface area contributed by atoms with Gasteiger partial charge >= 0.3 is 0 Å².